The third-order valence-corrected chi connectivity index (χ3v) is 3.64. The van der Waals surface area contributed by atoms with E-state index in [-0.39, 0.29) is 12.1 Å². The number of non-ortho nitro benzene ring substituents is 1. The Balaban J connectivity index is 2.38. The van der Waals surface area contributed by atoms with Crippen molar-refractivity contribution in [3.05, 3.63) is 52.1 Å². The molecule has 3 unspecified atom stereocenters. The van der Waals surface area contributed by atoms with E-state index in [2.05, 4.69) is 0 Å². The summed E-state index contributed by atoms with van der Waals surface area (Å²) in [5.74, 6) is -5.05. The molecule has 7 nitrogen and oxygen atoms in total. The van der Waals surface area contributed by atoms with Crippen molar-refractivity contribution < 1.29 is 24.7 Å². The van der Waals surface area contributed by atoms with Crippen molar-refractivity contribution >= 4 is 17.6 Å². The van der Waals surface area contributed by atoms with Gasteiger partial charge in [0.15, 0.2) is 0 Å². The highest BCUT2D eigenvalue weighted by molar-refractivity contribution is 5.82. The molecule has 0 aromatic heterocycles. The Labute approximate surface area is 119 Å². The van der Waals surface area contributed by atoms with Gasteiger partial charge in [0.05, 0.1) is 16.8 Å². The predicted molar refractivity (Wildman–Crippen MR) is 71.8 cm³/mol. The molecule has 0 radical (unpaired) electrons. The third-order valence-electron chi connectivity index (χ3n) is 3.64. The van der Waals surface area contributed by atoms with Crippen LogP contribution >= 0.6 is 0 Å². The van der Waals surface area contributed by atoms with Crippen LogP contribution in [0.15, 0.2) is 36.4 Å². The van der Waals surface area contributed by atoms with E-state index in [1.165, 1.54) is 24.3 Å². The summed E-state index contributed by atoms with van der Waals surface area (Å²) in [5.41, 5.74) is 0.454. The SMILES string of the molecule is O=C(O)C1CC=CC(c2ccc([N+](=O)[O-])cc2)C1C(=O)O. The lowest BCUT2D eigenvalue weighted by molar-refractivity contribution is -0.384. The van der Waals surface area contributed by atoms with Crippen LogP contribution in [0.4, 0.5) is 5.69 Å². The van der Waals surface area contributed by atoms with E-state index in [4.69, 9.17) is 5.11 Å². The summed E-state index contributed by atoms with van der Waals surface area (Å²) < 4.78 is 0. The second kappa shape index (κ2) is 5.74. The van der Waals surface area contributed by atoms with Crippen LogP contribution in [0.3, 0.4) is 0 Å². The first-order chi connectivity index (χ1) is 9.91. The summed E-state index contributed by atoms with van der Waals surface area (Å²) in [4.78, 5) is 32.7. The number of allylic oxidation sites excluding steroid dienone is 2. The fraction of sp³-hybridized carbons (Fsp3) is 0.286. The number of nitro groups is 1. The first-order valence-electron chi connectivity index (χ1n) is 6.28. The van der Waals surface area contributed by atoms with Crippen LogP contribution < -0.4 is 0 Å². The molecule has 0 saturated heterocycles. The predicted octanol–water partition coefficient (Wildman–Crippen LogP) is 2.04. The van der Waals surface area contributed by atoms with E-state index in [0.29, 0.717) is 5.56 Å². The molecule has 1 aromatic rings. The van der Waals surface area contributed by atoms with Crippen LogP contribution in [0.1, 0.15) is 17.9 Å². The number of rotatable bonds is 4. The minimum atomic E-state index is -1.19. The summed E-state index contributed by atoms with van der Waals surface area (Å²) in [6, 6.07) is 5.50. The van der Waals surface area contributed by atoms with E-state index in [1.807, 2.05) is 0 Å². The van der Waals surface area contributed by atoms with Gasteiger partial charge in [-0.15, -0.1) is 0 Å². The molecular formula is C14H13NO6. The number of nitro benzene ring substituents is 1. The minimum Gasteiger partial charge on any atom is -0.481 e. The van der Waals surface area contributed by atoms with Gasteiger partial charge in [-0.05, 0) is 12.0 Å². The van der Waals surface area contributed by atoms with Crippen LogP contribution in [-0.2, 0) is 9.59 Å². The van der Waals surface area contributed by atoms with Gasteiger partial charge in [-0.1, -0.05) is 24.3 Å². The molecule has 1 aliphatic carbocycles. The Bertz CT molecular complexity index is 606. The molecule has 0 spiro atoms. The molecule has 1 aromatic carbocycles. The Kier molecular flexibility index (Phi) is 4.02. The third kappa shape index (κ3) is 2.91. The molecule has 110 valence electrons. The van der Waals surface area contributed by atoms with Crippen LogP contribution in [0, 0.1) is 22.0 Å². The second-order valence-corrected chi connectivity index (χ2v) is 4.85. The van der Waals surface area contributed by atoms with Crippen LogP contribution in [0.2, 0.25) is 0 Å². The first kappa shape index (κ1) is 14.7. The van der Waals surface area contributed by atoms with Crippen LogP contribution in [0.25, 0.3) is 0 Å². The molecule has 2 N–H and O–H groups in total. The van der Waals surface area contributed by atoms with E-state index < -0.39 is 34.6 Å². The highest BCUT2D eigenvalue weighted by Gasteiger charge is 2.40. The molecular weight excluding hydrogens is 278 g/mol. The Morgan fingerprint density at radius 3 is 2.24 bits per heavy atom. The van der Waals surface area contributed by atoms with E-state index in [1.54, 1.807) is 12.2 Å². The molecule has 1 aliphatic rings. The van der Waals surface area contributed by atoms with Crippen molar-refractivity contribution in [2.75, 3.05) is 0 Å². The fourth-order valence-corrected chi connectivity index (χ4v) is 2.61. The quantitative estimate of drug-likeness (QED) is 0.498. The molecule has 0 heterocycles. The summed E-state index contributed by atoms with van der Waals surface area (Å²) in [5, 5.41) is 29.1. The lowest BCUT2D eigenvalue weighted by atomic mass is 9.73. The van der Waals surface area contributed by atoms with Gasteiger partial charge in [0, 0.05) is 18.1 Å². The number of carboxylic acid groups (broad SMARTS) is 2. The molecule has 0 fully saturated rings. The summed E-state index contributed by atoms with van der Waals surface area (Å²) in [6.07, 6.45) is 3.46. The van der Waals surface area contributed by atoms with Crippen molar-refractivity contribution in [3.63, 3.8) is 0 Å². The van der Waals surface area contributed by atoms with Crippen molar-refractivity contribution in [1.82, 2.24) is 0 Å². The number of hydrogen-bond donors (Lipinski definition) is 2. The number of carbonyl (C=O) groups is 2. The molecule has 0 bridgehead atoms. The van der Waals surface area contributed by atoms with Crippen molar-refractivity contribution in [3.8, 4) is 0 Å². The van der Waals surface area contributed by atoms with Crippen molar-refractivity contribution in [1.29, 1.82) is 0 Å². The zero-order valence-electron chi connectivity index (χ0n) is 10.9. The standard InChI is InChI=1S/C14H13NO6/c16-13(17)11-3-1-2-10(12(11)14(18)19)8-4-6-9(7-5-8)15(20)21/h1-2,4-7,10-12H,3H2,(H,16,17)(H,18,19). The van der Waals surface area contributed by atoms with Gasteiger partial charge in [0.25, 0.3) is 5.69 Å². The summed E-state index contributed by atoms with van der Waals surface area (Å²) in [6.45, 7) is 0. The van der Waals surface area contributed by atoms with Gasteiger partial charge in [-0.3, -0.25) is 19.7 Å². The Morgan fingerprint density at radius 1 is 1.14 bits per heavy atom. The number of hydrogen-bond acceptors (Lipinski definition) is 4. The number of benzene rings is 1. The number of carboxylic acids is 2. The van der Waals surface area contributed by atoms with Gasteiger partial charge >= 0.3 is 11.9 Å². The smallest absolute Gasteiger partial charge is 0.308 e. The van der Waals surface area contributed by atoms with E-state index >= 15 is 0 Å². The molecule has 21 heavy (non-hydrogen) atoms. The van der Waals surface area contributed by atoms with Crippen molar-refractivity contribution in [2.24, 2.45) is 11.8 Å². The molecule has 0 amide bonds. The lowest BCUT2D eigenvalue weighted by Gasteiger charge is -2.29. The lowest BCUT2D eigenvalue weighted by Crippen LogP contribution is -2.35. The molecule has 7 heteroatoms. The van der Waals surface area contributed by atoms with Gasteiger partial charge < -0.3 is 10.2 Å². The molecule has 0 saturated carbocycles. The van der Waals surface area contributed by atoms with Gasteiger partial charge in [0.1, 0.15) is 0 Å². The van der Waals surface area contributed by atoms with Crippen LogP contribution in [-0.4, -0.2) is 27.1 Å². The zero-order valence-corrected chi connectivity index (χ0v) is 10.9. The first-order valence-corrected chi connectivity index (χ1v) is 6.28. The van der Waals surface area contributed by atoms with Crippen LogP contribution in [0.5, 0.6) is 0 Å². The molecule has 3 atom stereocenters. The fourth-order valence-electron chi connectivity index (χ4n) is 2.61. The van der Waals surface area contributed by atoms with Gasteiger partial charge in [-0.2, -0.15) is 0 Å². The average molecular weight is 291 g/mol. The zero-order chi connectivity index (χ0) is 15.6. The van der Waals surface area contributed by atoms with Gasteiger partial charge in [0.2, 0.25) is 0 Å². The van der Waals surface area contributed by atoms with E-state index in [9.17, 15) is 24.8 Å². The molecule has 2 rings (SSSR count). The topological polar surface area (TPSA) is 118 Å². The summed E-state index contributed by atoms with van der Waals surface area (Å²) >= 11 is 0. The van der Waals surface area contributed by atoms with Crippen molar-refractivity contribution in [2.45, 2.75) is 12.3 Å². The number of aliphatic carboxylic acids is 2. The highest BCUT2D eigenvalue weighted by Crippen LogP contribution is 2.38. The largest absolute Gasteiger partial charge is 0.481 e. The maximum absolute atomic E-state index is 11.4. The Morgan fingerprint density at radius 2 is 1.76 bits per heavy atom. The Hall–Kier alpha value is -2.70. The maximum atomic E-state index is 11.4. The molecule has 0 aliphatic heterocycles. The average Bonchev–Trinajstić information content (AvgIpc) is 2.46. The summed E-state index contributed by atoms with van der Waals surface area (Å²) in [7, 11) is 0. The maximum Gasteiger partial charge on any atom is 0.308 e. The number of nitrogens with zero attached hydrogens (tertiary/aromatic N) is 1. The van der Waals surface area contributed by atoms with E-state index in [0.717, 1.165) is 0 Å². The monoisotopic (exact) mass is 291 g/mol. The highest BCUT2D eigenvalue weighted by atomic mass is 16.6. The second-order valence-electron chi connectivity index (χ2n) is 4.85. The minimum absolute atomic E-state index is 0.0970. The van der Waals surface area contributed by atoms with Gasteiger partial charge in [-0.25, -0.2) is 0 Å². The normalized spacial score (nSPS) is 24.5.